The van der Waals surface area contributed by atoms with E-state index in [0.29, 0.717) is 11.3 Å². The maximum absolute atomic E-state index is 12.8. The maximum atomic E-state index is 12.8. The van der Waals surface area contributed by atoms with Gasteiger partial charge in [-0.1, -0.05) is 42.5 Å². The van der Waals surface area contributed by atoms with E-state index < -0.39 is 17.9 Å². The fraction of sp³-hybridized carbons (Fsp3) is 0.0909. The molecule has 2 amide bonds. The lowest BCUT2D eigenvalue weighted by Gasteiger charge is -2.15. The average molecular weight is 378 g/mol. The number of hydrogen-bond acceptors (Lipinski definition) is 3. The van der Waals surface area contributed by atoms with Crippen molar-refractivity contribution in [3.63, 3.8) is 0 Å². The van der Waals surface area contributed by atoms with Gasteiger partial charge in [-0.25, -0.2) is 4.39 Å². The van der Waals surface area contributed by atoms with Crippen LogP contribution in [0, 0.1) is 5.82 Å². The van der Waals surface area contributed by atoms with Crippen LogP contribution in [0.1, 0.15) is 12.5 Å². The third kappa shape index (κ3) is 5.17. The second-order valence-corrected chi connectivity index (χ2v) is 6.13. The molecule has 0 radical (unpaired) electrons. The number of nitrogens with one attached hydrogen (secondary N) is 2. The predicted octanol–water partition coefficient (Wildman–Crippen LogP) is 3.61. The van der Waals surface area contributed by atoms with Crippen LogP contribution in [0.15, 0.2) is 72.8 Å². The van der Waals surface area contributed by atoms with Crippen LogP contribution in [0.3, 0.4) is 0 Å². The highest BCUT2D eigenvalue weighted by atomic mass is 19.1. The number of amides is 2. The Morgan fingerprint density at radius 3 is 2.43 bits per heavy atom. The molecule has 0 fully saturated rings. The van der Waals surface area contributed by atoms with Gasteiger partial charge in [-0.3, -0.25) is 20.4 Å². The van der Waals surface area contributed by atoms with E-state index in [1.165, 1.54) is 36.4 Å². The van der Waals surface area contributed by atoms with Crippen molar-refractivity contribution < 1.29 is 18.7 Å². The van der Waals surface area contributed by atoms with Crippen LogP contribution in [0.2, 0.25) is 0 Å². The Hall–Kier alpha value is -3.67. The summed E-state index contributed by atoms with van der Waals surface area (Å²) in [6.07, 6.45) is 1.95. The second-order valence-electron chi connectivity index (χ2n) is 6.13. The molecule has 3 aromatic rings. The maximum Gasteiger partial charge on any atom is 0.279 e. The van der Waals surface area contributed by atoms with E-state index in [4.69, 9.17) is 4.74 Å². The largest absolute Gasteiger partial charge is 0.481 e. The highest BCUT2D eigenvalue weighted by Crippen LogP contribution is 2.21. The first-order valence-electron chi connectivity index (χ1n) is 8.70. The summed E-state index contributed by atoms with van der Waals surface area (Å²) >= 11 is 0. The fourth-order valence-corrected chi connectivity index (χ4v) is 2.51. The summed E-state index contributed by atoms with van der Waals surface area (Å²) < 4.78 is 18.5. The van der Waals surface area contributed by atoms with Gasteiger partial charge < -0.3 is 4.74 Å². The minimum Gasteiger partial charge on any atom is -0.481 e. The summed E-state index contributed by atoms with van der Waals surface area (Å²) in [5.41, 5.74) is 5.25. The third-order valence-electron chi connectivity index (χ3n) is 4.01. The van der Waals surface area contributed by atoms with Crippen LogP contribution in [-0.4, -0.2) is 17.9 Å². The molecule has 0 aliphatic heterocycles. The predicted molar refractivity (Wildman–Crippen MR) is 106 cm³/mol. The topological polar surface area (TPSA) is 67.4 Å². The van der Waals surface area contributed by atoms with E-state index in [-0.39, 0.29) is 5.82 Å². The number of fused-ring (bicyclic) bond motifs is 1. The van der Waals surface area contributed by atoms with Crippen molar-refractivity contribution >= 4 is 28.7 Å². The minimum absolute atomic E-state index is 0.353. The summed E-state index contributed by atoms with van der Waals surface area (Å²) in [6, 6.07) is 19.1. The minimum atomic E-state index is -0.803. The van der Waals surface area contributed by atoms with Gasteiger partial charge >= 0.3 is 0 Å². The van der Waals surface area contributed by atoms with Gasteiger partial charge in [-0.15, -0.1) is 0 Å². The fourth-order valence-electron chi connectivity index (χ4n) is 2.51. The van der Waals surface area contributed by atoms with E-state index >= 15 is 0 Å². The van der Waals surface area contributed by atoms with Gasteiger partial charge in [0.2, 0.25) is 0 Å². The molecular weight excluding hydrogens is 359 g/mol. The van der Waals surface area contributed by atoms with Gasteiger partial charge in [0.15, 0.2) is 6.10 Å². The van der Waals surface area contributed by atoms with Crippen molar-refractivity contribution in [2.45, 2.75) is 13.0 Å². The van der Waals surface area contributed by atoms with Crippen molar-refractivity contribution in [3.8, 4) is 5.75 Å². The van der Waals surface area contributed by atoms with Crippen LogP contribution in [0.4, 0.5) is 4.39 Å². The molecule has 0 saturated carbocycles. The number of ether oxygens (including phenoxy) is 1. The molecule has 3 rings (SSSR count). The molecular formula is C22H19FN2O3. The lowest BCUT2D eigenvalue weighted by Crippen LogP contribution is -2.46. The Labute approximate surface area is 161 Å². The number of hydrazine groups is 1. The Morgan fingerprint density at radius 1 is 0.964 bits per heavy atom. The molecule has 5 nitrogen and oxygen atoms in total. The van der Waals surface area contributed by atoms with Crippen molar-refractivity contribution in [2.75, 3.05) is 0 Å². The summed E-state index contributed by atoms with van der Waals surface area (Å²) in [4.78, 5) is 23.9. The zero-order chi connectivity index (χ0) is 19.9. The van der Waals surface area contributed by atoms with E-state index in [0.717, 1.165) is 10.8 Å². The number of hydrogen-bond donors (Lipinski definition) is 2. The molecule has 0 bridgehead atoms. The first kappa shape index (κ1) is 19.1. The smallest absolute Gasteiger partial charge is 0.279 e. The standard InChI is InChI=1S/C22H19FN2O3/c1-15(28-20-12-9-17-4-2-3-5-18(17)14-20)22(27)25-24-21(26)13-8-16-6-10-19(23)11-7-16/h2-15H,1H3,(H,24,26)(H,25,27)/b13-8+/t15-/m1/s1. The van der Waals surface area contributed by atoms with Crippen molar-refractivity contribution in [3.05, 3.63) is 84.2 Å². The quantitative estimate of drug-likeness (QED) is 0.527. The summed E-state index contributed by atoms with van der Waals surface area (Å²) in [7, 11) is 0. The van der Waals surface area contributed by atoms with Crippen LogP contribution >= 0.6 is 0 Å². The highest BCUT2D eigenvalue weighted by Gasteiger charge is 2.15. The molecule has 0 aliphatic carbocycles. The van der Waals surface area contributed by atoms with Gasteiger partial charge in [-0.2, -0.15) is 0 Å². The molecule has 3 aromatic carbocycles. The normalized spacial score (nSPS) is 11.9. The molecule has 0 aromatic heterocycles. The van der Waals surface area contributed by atoms with Crippen molar-refractivity contribution in [1.82, 2.24) is 10.9 Å². The second kappa shape index (κ2) is 8.81. The van der Waals surface area contributed by atoms with Crippen LogP contribution in [0.25, 0.3) is 16.8 Å². The Kier molecular flexibility index (Phi) is 6.01. The molecule has 2 N–H and O–H groups in total. The summed E-state index contributed by atoms with van der Waals surface area (Å²) in [5.74, 6) is -0.801. The monoisotopic (exact) mass is 378 g/mol. The number of carbonyl (C=O) groups excluding carboxylic acids is 2. The molecule has 1 atom stereocenters. The first-order chi connectivity index (χ1) is 13.5. The van der Waals surface area contributed by atoms with E-state index in [9.17, 15) is 14.0 Å². The lowest BCUT2D eigenvalue weighted by molar-refractivity contribution is -0.131. The zero-order valence-corrected chi connectivity index (χ0v) is 15.2. The molecule has 0 unspecified atom stereocenters. The number of halogens is 1. The van der Waals surface area contributed by atoms with E-state index in [1.54, 1.807) is 13.0 Å². The van der Waals surface area contributed by atoms with Crippen molar-refractivity contribution in [2.24, 2.45) is 0 Å². The zero-order valence-electron chi connectivity index (χ0n) is 15.2. The van der Waals surface area contributed by atoms with Crippen LogP contribution in [0.5, 0.6) is 5.75 Å². The SMILES string of the molecule is C[C@@H](Oc1ccc2ccccc2c1)C(=O)NNC(=O)/C=C/c1ccc(F)cc1. The van der Waals surface area contributed by atoms with E-state index in [1.807, 2.05) is 36.4 Å². The number of rotatable bonds is 5. The Bertz CT molecular complexity index is 1020. The molecule has 0 aliphatic rings. The summed E-state index contributed by atoms with van der Waals surface area (Å²) in [6.45, 7) is 1.59. The molecule has 0 saturated heterocycles. The molecule has 0 heterocycles. The van der Waals surface area contributed by atoms with Gasteiger partial charge in [0.1, 0.15) is 11.6 Å². The molecule has 28 heavy (non-hydrogen) atoms. The average Bonchev–Trinajstić information content (AvgIpc) is 2.71. The molecule has 142 valence electrons. The Balaban J connectivity index is 1.50. The van der Waals surface area contributed by atoms with Crippen LogP contribution < -0.4 is 15.6 Å². The van der Waals surface area contributed by atoms with Gasteiger partial charge in [0, 0.05) is 6.08 Å². The molecule has 6 heteroatoms. The highest BCUT2D eigenvalue weighted by molar-refractivity contribution is 5.93. The summed E-state index contributed by atoms with van der Waals surface area (Å²) in [5, 5.41) is 2.08. The number of benzene rings is 3. The first-order valence-corrected chi connectivity index (χ1v) is 8.70. The Morgan fingerprint density at radius 2 is 1.68 bits per heavy atom. The van der Waals surface area contributed by atoms with Gasteiger partial charge in [-0.05, 0) is 53.6 Å². The van der Waals surface area contributed by atoms with E-state index in [2.05, 4.69) is 10.9 Å². The van der Waals surface area contributed by atoms with Crippen molar-refractivity contribution in [1.29, 1.82) is 0 Å². The van der Waals surface area contributed by atoms with Crippen LogP contribution in [-0.2, 0) is 9.59 Å². The number of carbonyl (C=O) groups is 2. The van der Waals surface area contributed by atoms with Gasteiger partial charge in [0.05, 0.1) is 0 Å². The van der Waals surface area contributed by atoms with Gasteiger partial charge in [0.25, 0.3) is 11.8 Å². The molecule has 0 spiro atoms. The third-order valence-corrected chi connectivity index (χ3v) is 4.01. The lowest BCUT2D eigenvalue weighted by atomic mass is 10.1.